The number of amides is 2. The summed E-state index contributed by atoms with van der Waals surface area (Å²) in [6, 6.07) is 0. The predicted octanol–water partition coefficient (Wildman–Crippen LogP) is 1.59. The molecule has 0 radical (unpaired) electrons. The largest absolute Gasteiger partial charge is 0.368 e. The van der Waals surface area contributed by atoms with E-state index in [4.69, 9.17) is 5.73 Å². The Balaban J connectivity index is 0.00000400. The van der Waals surface area contributed by atoms with Crippen molar-refractivity contribution in [1.82, 2.24) is 10.6 Å². The first-order valence-electron chi connectivity index (χ1n) is 7.76. The third-order valence-electron chi connectivity index (χ3n) is 4.70. The van der Waals surface area contributed by atoms with E-state index in [-0.39, 0.29) is 18.3 Å². The van der Waals surface area contributed by atoms with Crippen molar-refractivity contribution in [2.24, 2.45) is 17.6 Å². The van der Waals surface area contributed by atoms with Crippen molar-refractivity contribution in [3.8, 4) is 0 Å². The van der Waals surface area contributed by atoms with Gasteiger partial charge in [0.25, 0.3) is 0 Å². The number of rotatable bonds is 7. The van der Waals surface area contributed by atoms with Crippen LogP contribution in [0.2, 0.25) is 0 Å². The molecule has 1 aliphatic heterocycles. The van der Waals surface area contributed by atoms with Crippen molar-refractivity contribution >= 4 is 24.2 Å². The maximum Gasteiger partial charge on any atom is 0.243 e. The quantitative estimate of drug-likeness (QED) is 0.666. The first kappa shape index (κ1) is 20.2. The molecule has 0 spiro atoms. The molecule has 0 bridgehead atoms. The van der Waals surface area contributed by atoms with Crippen LogP contribution in [0.4, 0.5) is 0 Å². The van der Waals surface area contributed by atoms with Gasteiger partial charge in [0.05, 0.1) is 0 Å². The number of carbonyl (C=O) groups is 2. The van der Waals surface area contributed by atoms with Crippen LogP contribution < -0.4 is 16.4 Å². The van der Waals surface area contributed by atoms with Crippen molar-refractivity contribution in [2.75, 3.05) is 13.1 Å². The number of nitrogens with one attached hydrogen (secondary N) is 2. The molecule has 0 aromatic carbocycles. The Kier molecular flexibility index (Phi) is 8.90. The van der Waals surface area contributed by atoms with Crippen LogP contribution in [0.5, 0.6) is 0 Å². The van der Waals surface area contributed by atoms with Crippen molar-refractivity contribution in [3.05, 3.63) is 0 Å². The molecule has 1 rings (SSSR count). The van der Waals surface area contributed by atoms with E-state index in [9.17, 15) is 9.59 Å². The fourth-order valence-electron chi connectivity index (χ4n) is 2.98. The molecule has 6 heteroatoms. The molecule has 2 unspecified atom stereocenters. The SMILES string of the molecule is CCC(CC)(NC(=O)CC(C)C1CCCNC1)C(N)=O.Cl. The molecule has 1 saturated heterocycles. The maximum absolute atomic E-state index is 12.2. The van der Waals surface area contributed by atoms with E-state index in [0.717, 1.165) is 13.1 Å². The number of halogens is 1. The minimum Gasteiger partial charge on any atom is -0.368 e. The zero-order chi connectivity index (χ0) is 15.2. The average Bonchev–Trinajstić information content (AvgIpc) is 2.45. The normalized spacial score (nSPS) is 20.2. The van der Waals surface area contributed by atoms with Crippen LogP contribution in [0.15, 0.2) is 0 Å². The highest BCUT2D eigenvalue weighted by Crippen LogP contribution is 2.23. The summed E-state index contributed by atoms with van der Waals surface area (Å²) in [6.07, 6.45) is 3.87. The highest BCUT2D eigenvalue weighted by atomic mass is 35.5. The van der Waals surface area contributed by atoms with Crippen molar-refractivity contribution in [1.29, 1.82) is 0 Å². The summed E-state index contributed by atoms with van der Waals surface area (Å²) in [5, 5.41) is 6.24. The second-order valence-corrected chi connectivity index (χ2v) is 5.99. The van der Waals surface area contributed by atoms with Gasteiger partial charge in [-0.05, 0) is 50.6 Å². The van der Waals surface area contributed by atoms with E-state index >= 15 is 0 Å². The van der Waals surface area contributed by atoms with Gasteiger partial charge in [-0.1, -0.05) is 20.8 Å². The van der Waals surface area contributed by atoms with E-state index in [1.807, 2.05) is 13.8 Å². The van der Waals surface area contributed by atoms with Gasteiger partial charge < -0.3 is 16.4 Å². The molecular weight excluding hydrogens is 290 g/mol. The molecule has 0 saturated carbocycles. The summed E-state index contributed by atoms with van der Waals surface area (Å²) in [5.41, 5.74) is 4.56. The van der Waals surface area contributed by atoms with Crippen LogP contribution in [0, 0.1) is 11.8 Å². The van der Waals surface area contributed by atoms with E-state index in [1.165, 1.54) is 12.8 Å². The minimum atomic E-state index is -0.887. The molecule has 0 aromatic rings. The lowest BCUT2D eigenvalue weighted by Gasteiger charge is -2.32. The Hall–Kier alpha value is -0.810. The van der Waals surface area contributed by atoms with Crippen molar-refractivity contribution in [2.45, 2.75) is 58.4 Å². The molecule has 21 heavy (non-hydrogen) atoms. The van der Waals surface area contributed by atoms with Gasteiger partial charge in [-0.15, -0.1) is 12.4 Å². The first-order valence-corrected chi connectivity index (χ1v) is 7.76. The second kappa shape index (κ2) is 9.26. The molecule has 2 amide bonds. The standard InChI is InChI=1S/C15H29N3O2.ClH/c1-4-15(5-2,14(16)20)18-13(19)9-11(3)12-7-6-8-17-10-12;/h11-12,17H,4-10H2,1-3H3,(H2,16,20)(H,18,19);1H. The van der Waals surface area contributed by atoms with Gasteiger partial charge in [0, 0.05) is 6.42 Å². The van der Waals surface area contributed by atoms with Gasteiger partial charge in [0.2, 0.25) is 11.8 Å². The summed E-state index contributed by atoms with van der Waals surface area (Å²) < 4.78 is 0. The van der Waals surface area contributed by atoms with Gasteiger partial charge in [0.15, 0.2) is 0 Å². The molecular formula is C15H30ClN3O2. The lowest BCUT2D eigenvalue weighted by molar-refractivity contribution is -0.132. The Bertz CT molecular complexity index is 340. The molecule has 1 aliphatic rings. The van der Waals surface area contributed by atoms with E-state index in [0.29, 0.717) is 31.1 Å². The monoisotopic (exact) mass is 319 g/mol. The molecule has 4 N–H and O–H groups in total. The third-order valence-corrected chi connectivity index (χ3v) is 4.70. The highest BCUT2D eigenvalue weighted by Gasteiger charge is 2.35. The number of hydrogen-bond acceptors (Lipinski definition) is 3. The molecule has 124 valence electrons. The summed E-state index contributed by atoms with van der Waals surface area (Å²) in [6.45, 7) is 7.93. The topological polar surface area (TPSA) is 84.2 Å². The van der Waals surface area contributed by atoms with Crippen molar-refractivity contribution < 1.29 is 9.59 Å². The molecule has 1 heterocycles. The van der Waals surface area contributed by atoms with Crippen molar-refractivity contribution in [3.63, 3.8) is 0 Å². The van der Waals surface area contributed by atoms with Crippen LogP contribution in [0.25, 0.3) is 0 Å². The number of primary amides is 1. The van der Waals surface area contributed by atoms with Crippen LogP contribution in [0.3, 0.4) is 0 Å². The van der Waals surface area contributed by atoms with Gasteiger partial charge >= 0.3 is 0 Å². The summed E-state index contributed by atoms with van der Waals surface area (Å²) >= 11 is 0. The zero-order valence-electron chi connectivity index (χ0n) is 13.4. The maximum atomic E-state index is 12.2. The van der Waals surface area contributed by atoms with Gasteiger partial charge in [-0.3, -0.25) is 9.59 Å². The zero-order valence-corrected chi connectivity index (χ0v) is 14.2. The summed E-state index contributed by atoms with van der Waals surface area (Å²) in [7, 11) is 0. The average molecular weight is 320 g/mol. The van der Waals surface area contributed by atoms with Crippen LogP contribution in [0.1, 0.15) is 52.9 Å². The van der Waals surface area contributed by atoms with E-state index in [1.54, 1.807) is 0 Å². The molecule has 0 aliphatic carbocycles. The lowest BCUT2D eigenvalue weighted by atomic mass is 9.84. The Labute approximate surface area is 134 Å². The Morgan fingerprint density at radius 2 is 2.00 bits per heavy atom. The van der Waals surface area contributed by atoms with Gasteiger partial charge in [0.1, 0.15) is 5.54 Å². The predicted molar refractivity (Wildman–Crippen MR) is 87.3 cm³/mol. The van der Waals surface area contributed by atoms with Crippen LogP contribution in [-0.2, 0) is 9.59 Å². The fourth-order valence-corrected chi connectivity index (χ4v) is 2.98. The number of piperidine rings is 1. The smallest absolute Gasteiger partial charge is 0.243 e. The molecule has 1 fully saturated rings. The van der Waals surface area contributed by atoms with Gasteiger partial charge in [-0.25, -0.2) is 0 Å². The van der Waals surface area contributed by atoms with Crippen LogP contribution in [-0.4, -0.2) is 30.4 Å². The molecule has 5 nitrogen and oxygen atoms in total. The Morgan fingerprint density at radius 3 is 2.43 bits per heavy atom. The summed E-state index contributed by atoms with van der Waals surface area (Å²) in [4.78, 5) is 23.8. The van der Waals surface area contributed by atoms with E-state index in [2.05, 4.69) is 17.6 Å². The summed E-state index contributed by atoms with van der Waals surface area (Å²) in [5.74, 6) is 0.358. The van der Waals surface area contributed by atoms with Gasteiger partial charge in [-0.2, -0.15) is 0 Å². The minimum absolute atomic E-state index is 0. The molecule has 0 aromatic heterocycles. The van der Waals surface area contributed by atoms with E-state index < -0.39 is 11.4 Å². The fraction of sp³-hybridized carbons (Fsp3) is 0.867. The number of carbonyl (C=O) groups excluding carboxylic acids is 2. The highest BCUT2D eigenvalue weighted by molar-refractivity contribution is 5.90. The third kappa shape index (κ3) is 5.47. The first-order chi connectivity index (χ1) is 9.45. The Morgan fingerprint density at radius 1 is 1.38 bits per heavy atom. The number of hydrogen-bond donors (Lipinski definition) is 3. The second-order valence-electron chi connectivity index (χ2n) is 5.99. The molecule has 2 atom stereocenters. The van der Waals surface area contributed by atoms with Crippen LogP contribution >= 0.6 is 12.4 Å². The lowest BCUT2D eigenvalue weighted by Crippen LogP contribution is -2.57. The number of nitrogens with two attached hydrogens (primary N) is 1.